The van der Waals surface area contributed by atoms with Crippen LogP contribution in [0.3, 0.4) is 0 Å². The van der Waals surface area contributed by atoms with Crippen LogP contribution in [0.15, 0.2) is 0 Å². The quantitative estimate of drug-likeness (QED) is 0.251. The van der Waals surface area contributed by atoms with Gasteiger partial charge in [-0.15, -0.1) is 0 Å². The highest BCUT2D eigenvalue weighted by molar-refractivity contribution is 5.75. The zero-order valence-electron chi connectivity index (χ0n) is 18.2. The predicted octanol–water partition coefficient (Wildman–Crippen LogP) is 0.899. The molecule has 10 heteroatoms. The summed E-state index contributed by atoms with van der Waals surface area (Å²) in [6, 6.07) is 0. The molecular formula is C19H40O10. The molecule has 4 atom stereocenters. The van der Waals surface area contributed by atoms with Crippen LogP contribution >= 0.6 is 0 Å². The maximum atomic E-state index is 9.64. The van der Waals surface area contributed by atoms with Crippen molar-refractivity contribution in [3.63, 3.8) is 0 Å². The summed E-state index contributed by atoms with van der Waals surface area (Å²) >= 11 is 0. The lowest BCUT2D eigenvalue weighted by Gasteiger charge is -2.14. The standard InChI is InChI=1S/C9H20O3.C6H14O3.C4H6O4/c1-4-5-11-7-9(3)12-6-8(2)10;1-5(8)4-9-6(2)3-7;5-3(6)1-2-4(7)8/h8-10H,4-7H2,1-3H3;5-8H,3-4H2,1-2H3;1-2H2,(H,5,6)(H,7,8). The minimum absolute atomic E-state index is 0.00667. The second kappa shape index (κ2) is 23.0. The van der Waals surface area contributed by atoms with Gasteiger partial charge in [-0.3, -0.25) is 9.59 Å². The normalized spacial score (nSPS) is 14.3. The first-order valence-electron chi connectivity index (χ1n) is 9.67. The summed E-state index contributed by atoms with van der Waals surface area (Å²) in [4.78, 5) is 19.3. The fourth-order valence-electron chi connectivity index (χ4n) is 1.32. The third-order valence-corrected chi connectivity index (χ3v) is 2.75. The fourth-order valence-corrected chi connectivity index (χ4v) is 1.32. The number of rotatable bonds is 14. The molecule has 0 aliphatic heterocycles. The Balaban J connectivity index is -0.000000359. The summed E-state index contributed by atoms with van der Waals surface area (Å²) < 4.78 is 15.5. The van der Waals surface area contributed by atoms with Crippen LogP contribution in [0.2, 0.25) is 0 Å². The van der Waals surface area contributed by atoms with Crippen LogP contribution in [-0.2, 0) is 23.8 Å². The van der Waals surface area contributed by atoms with Gasteiger partial charge in [-0.2, -0.15) is 0 Å². The van der Waals surface area contributed by atoms with Gasteiger partial charge in [0.1, 0.15) is 0 Å². The van der Waals surface area contributed by atoms with Crippen LogP contribution in [0.5, 0.6) is 0 Å². The van der Waals surface area contributed by atoms with Gasteiger partial charge in [0.15, 0.2) is 0 Å². The van der Waals surface area contributed by atoms with E-state index >= 15 is 0 Å². The Morgan fingerprint density at radius 1 is 0.793 bits per heavy atom. The maximum absolute atomic E-state index is 9.64. The zero-order valence-corrected chi connectivity index (χ0v) is 18.2. The summed E-state index contributed by atoms with van der Waals surface area (Å²) in [6.45, 7) is 11.2. The van der Waals surface area contributed by atoms with E-state index in [4.69, 9.17) is 39.7 Å². The van der Waals surface area contributed by atoms with E-state index < -0.39 is 24.1 Å². The van der Waals surface area contributed by atoms with Crippen molar-refractivity contribution >= 4 is 11.9 Å². The molecule has 5 N–H and O–H groups in total. The number of carbonyl (C=O) groups is 2. The van der Waals surface area contributed by atoms with Crippen LogP contribution in [0.25, 0.3) is 0 Å². The van der Waals surface area contributed by atoms with Crippen molar-refractivity contribution in [1.82, 2.24) is 0 Å². The second-order valence-corrected chi connectivity index (χ2v) is 6.53. The predicted molar refractivity (Wildman–Crippen MR) is 107 cm³/mol. The summed E-state index contributed by atoms with van der Waals surface area (Å²) in [5.41, 5.74) is 0. The topological polar surface area (TPSA) is 163 Å². The lowest BCUT2D eigenvalue weighted by Crippen LogP contribution is -2.21. The van der Waals surface area contributed by atoms with Crippen molar-refractivity contribution in [2.75, 3.05) is 33.0 Å². The Bertz CT molecular complexity index is 360. The molecule has 0 heterocycles. The molecule has 0 fully saturated rings. The van der Waals surface area contributed by atoms with Gasteiger partial charge in [0.25, 0.3) is 0 Å². The summed E-state index contributed by atoms with van der Waals surface area (Å²) in [6.07, 6.45) is -0.489. The molecule has 0 radical (unpaired) electrons. The van der Waals surface area contributed by atoms with Gasteiger partial charge in [0.2, 0.25) is 0 Å². The average Bonchev–Trinajstić information content (AvgIpc) is 2.64. The lowest BCUT2D eigenvalue weighted by molar-refractivity contribution is -0.143. The fraction of sp³-hybridized carbons (Fsp3) is 0.895. The Hall–Kier alpha value is -1.30. The monoisotopic (exact) mass is 428 g/mol. The maximum Gasteiger partial charge on any atom is 0.303 e. The Morgan fingerprint density at radius 2 is 1.21 bits per heavy atom. The number of hydrogen-bond acceptors (Lipinski definition) is 8. The molecule has 0 bridgehead atoms. The van der Waals surface area contributed by atoms with Crippen LogP contribution < -0.4 is 0 Å². The van der Waals surface area contributed by atoms with E-state index in [2.05, 4.69) is 6.92 Å². The molecule has 0 amide bonds. The van der Waals surface area contributed by atoms with Crippen molar-refractivity contribution < 1.29 is 49.3 Å². The van der Waals surface area contributed by atoms with E-state index in [1.165, 1.54) is 0 Å². The van der Waals surface area contributed by atoms with Crippen LogP contribution in [-0.4, -0.2) is 94.9 Å². The first kappa shape index (κ1) is 32.4. The highest BCUT2D eigenvalue weighted by Gasteiger charge is 2.03. The highest BCUT2D eigenvalue weighted by Crippen LogP contribution is 1.94. The van der Waals surface area contributed by atoms with Gasteiger partial charge < -0.3 is 39.7 Å². The molecule has 10 nitrogen and oxygen atoms in total. The van der Waals surface area contributed by atoms with Crippen molar-refractivity contribution in [3.05, 3.63) is 0 Å². The average molecular weight is 429 g/mol. The van der Waals surface area contributed by atoms with E-state index in [0.717, 1.165) is 13.0 Å². The van der Waals surface area contributed by atoms with E-state index in [9.17, 15) is 9.59 Å². The van der Waals surface area contributed by atoms with Gasteiger partial charge in [0.05, 0.1) is 63.7 Å². The molecule has 0 saturated heterocycles. The number of ether oxygens (including phenoxy) is 3. The van der Waals surface area contributed by atoms with Gasteiger partial charge >= 0.3 is 11.9 Å². The van der Waals surface area contributed by atoms with E-state index in [0.29, 0.717) is 19.8 Å². The number of aliphatic carboxylic acids is 2. The summed E-state index contributed by atoms with van der Waals surface area (Å²) in [5.74, 6) is -2.15. The van der Waals surface area contributed by atoms with Gasteiger partial charge in [-0.25, -0.2) is 0 Å². The number of carboxylic acid groups (broad SMARTS) is 2. The summed E-state index contributed by atoms with van der Waals surface area (Å²) in [5, 5.41) is 41.8. The Kier molecular flexibility index (Phi) is 25.7. The number of carboxylic acids is 2. The van der Waals surface area contributed by atoms with Crippen molar-refractivity contribution in [1.29, 1.82) is 0 Å². The molecule has 0 aromatic rings. The molecule has 4 unspecified atom stereocenters. The van der Waals surface area contributed by atoms with Gasteiger partial charge in [-0.05, 0) is 34.1 Å². The van der Waals surface area contributed by atoms with Crippen molar-refractivity contribution in [3.8, 4) is 0 Å². The number of aliphatic hydroxyl groups excluding tert-OH is 3. The second-order valence-electron chi connectivity index (χ2n) is 6.53. The SMILES string of the molecule is CC(O)COC(C)CO.CCCOCC(C)OCC(C)O.O=C(O)CCC(=O)O. The molecule has 29 heavy (non-hydrogen) atoms. The van der Waals surface area contributed by atoms with Crippen LogP contribution in [0.1, 0.15) is 53.9 Å². The first-order chi connectivity index (χ1) is 13.5. The molecule has 0 aliphatic carbocycles. The molecule has 0 aromatic carbocycles. The highest BCUT2D eigenvalue weighted by atomic mass is 16.5. The number of aliphatic hydroxyl groups is 3. The number of hydrogen-bond donors (Lipinski definition) is 5. The molecule has 0 aliphatic rings. The molecule has 176 valence electrons. The molecule has 0 saturated carbocycles. The van der Waals surface area contributed by atoms with E-state index in [1.807, 2.05) is 6.92 Å². The Morgan fingerprint density at radius 3 is 1.52 bits per heavy atom. The van der Waals surface area contributed by atoms with Crippen LogP contribution in [0, 0.1) is 0 Å². The molecule has 0 aromatic heterocycles. The molecular weight excluding hydrogens is 388 g/mol. The minimum Gasteiger partial charge on any atom is -0.481 e. The molecule has 0 spiro atoms. The Labute approximate surface area is 173 Å². The lowest BCUT2D eigenvalue weighted by atomic mass is 10.3. The van der Waals surface area contributed by atoms with Gasteiger partial charge in [0, 0.05) is 6.61 Å². The van der Waals surface area contributed by atoms with Crippen molar-refractivity contribution in [2.45, 2.75) is 78.3 Å². The first-order valence-corrected chi connectivity index (χ1v) is 9.67. The van der Waals surface area contributed by atoms with E-state index in [-0.39, 0.29) is 31.7 Å². The third-order valence-electron chi connectivity index (χ3n) is 2.75. The van der Waals surface area contributed by atoms with Gasteiger partial charge in [-0.1, -0.05) is 6.92 Å². The van der Waals surface area contributed by atoms with Crippen LogP contribution in [0.4, 0.5) is 0 Å². The third kappa shape index (κ3) is 38.0. The zero-order chi connectivity index (χ0) is 23.2. The van der Waals surface area contributed by atoms with E-state index in [1.54, 1.807) is 20.8 Å². The smallest absolute Gasteiger partial charge is 0.303 e. The largest absolute Gasteiger partial charge is 0.481 e. The minimum atomic E-state index is -1.08. The molecule has 0 rings (SSSR count). The van der Waals surface area contributed by atoms with Crippen molar-refractivity contribution in [2.24, 2.45) is 0 Å². The summed E-state index contributed by atoms with van der Waals surface area (Å²) in [7, 11) is 0.